The lowest BCUT2D eigenvalue weighted by Gasteiger charge is -2.33. The average molecular weight is 480 g/mol. The Balaban J connectivity index is 1.36. The number of aromatic nitrogens is 1. The zero-order chi connectivity index (χ0) is 24.8. The van der Waals surface area contributed by atoms with Crippen LogP contribution < -0.4 is 10.6 Å². The first-order valence-electron chi connectivity index (χ1n) is 12.5. The van der Waals surface area contributed by atoms with Gasteiger partial charge in [-0.3, -0.25) is 24.7 Å². The van der Waals surface area contributed by atoms with Gasteiger partial charge in [-0.05, 0) is 56.9 Å². The van der Waals surface area contributed by atoms with Crippen LogP contribution in [0.2, 0.25) is 0 Å². The van der Waals surface area contributed by atoms with Gasteiger partial charge in [0.1, 0.15) is 5.69 Å². The van der Waals surface area contributed by atoms with Crippen molar-refractivity contribution in [3.05, 3.63) is 64.0 Å². The molecule has 2 aliphatic rings. The monoisotopic (exact) mass is 479 g/mol. The van der Waals surface area contributed by atoms with Gasteiger partial charge in [0, 0.05) is 42.9 Å². The highest BCUT2D eigenvalue weighted by Gasteiger charge is 2.29. The first-order valence-corrected chi connectivity index (χ1v) is 12.5. The van der Waals surface area contributed by atoms with E-state index in [2.05, 4.69) is 15.6 Å². The molecule has 2 aromatic rings. The van der Waals surface area contributed by atoms with Gasteiger partial charge in [0.25, 0.3) is 11.6 Å². The second kappa shape index (κ2) is 11.3. The van der Waals surface area contributed by atoms with Crippen LogP contribution in [0.3, 0.4) is 0 Å². The summed E-state index contributed by atoms with van der Waals surface area (Å²) in [6, 6.07) is 9.91. The van der Waals surface area contributed by atoms with Crippen LogP contribution in [0, 0.1) is 16.0 Å². The van der Waals surface area contributed by atoms with E-state index < -0.39 is 4.92 Å². The van der Waals surface area contributed by atoms with E-state index in [9.17, 15) is 19.7 Å². The lowest BCUT2D eigenvalue weighted by Crippen LogP contribution is -2.48. The molecule has 1 aromatic carbocycles. The fourth-order valence-corrected chi connectivity index (χ4v) is 4.97. The Hall–Kier alpha value is -3.49. The van der Waals surface area contributed by atoms with E-state index in [1.807, 2.05) is 25.1 Å². The number of nitrogens with one attached hydrogen (secondary N) is 2. The molecule has 2 heterocycles. The fraction of sp³-hybridized carbons (Fsp3) is 0.500. The van der Waals surface area contributed by atoms with Crippen LogP contribution in [-0.2, 0) is 4.79 Å². The summed E-state index contributed by atoms with van der Waals surface area (Å²) in [5.74, 6) is 0.0408. The quantitative estimate of drug-likeness (QED) is 0.447. The molecule has 9 nitrogen and oxygen atoms in total. The summed E-state index contributed by atoms with van der Waals surface area (Å²) in [7, 11) is 0. The normalized spacial score (nSPS) is 18.0. The number of pyridine rings is 1. The molecular weight excluding hydrogens is 446 g/mol. The van der Waals surface area contributed by atoms with Crippen molar-refractivity contribution in [3.63, 3.8) is 0 Å². The third-order valence-corrected chi connectivity index (χ3v) is 7.05. The van der Waals surface area contributed by atoms with Gasteiger partial charge >= 0.3 is 0 Å². The third kappa shape index (κ3) is 6.15. The van der Waals surface area contributed by atoms with Gasteiger partial charge in [-0.1, -0.05) is 25.3 Å². The third-order valence-electron chi connectivity index (χ3n) is 7.05. The Morgan fingerprint density at radius 2 is 1.83 bits per heavy atom. The molecule has 0 bridgehead atoms. The van der Waals surface area contributed by atoms with Gasteiger partial charge in [0.05, 0.1) is 16.7 Å². The van der Waals surface area contributed by atoms with Crippen LogP contribution in [0.5, 0.6) is 0 Å². The van der Waals surface area contributed by atoms with Crippen molar-refractivity contribution < 1.29 is 14.5 Å². The Kier molecular flexibility index (Phi) is 7.94. The first kappa shape index (κ1) is 24.6. The number of likely N-dealkylation sites (tertiary alicyclic amines) is 1. The van der Waals surface area contributed by atoms with Gasteiger partial charge in [0.15, 0.2) is 0 Å². The van der Waals surface area contributed by atoms with E-state index >= 15 is 0 Å². The van der Waals surface area contributed by atoms with Crippen LogP contribution in [0.1, 0.15) is 74.0 Å². The standard InChI is InChI=1S/C26H33N5O4/c1-18(22-9-5-6-14-27-22)28-23-11-10-20(17-24(23)31(34)35)26(33)30-15-12-21(13-16-30)29-25(32)19-7-3-2-4-8-19/h5-6,9-11,14,17-19,21,28H,2-4,7-8,12-13,15-16H2,1H3,(H,29,32). The maximum Gasteiger partial charge on any atom is 0.293 e. The van der Waals surface area contributed by atoms with Gasteiger partial charge < -0.3 is 15.5 Å². The molecule has 1 atom stereocenters. The molecule has 1 saturated carbocycles. The molecule has 1 saturated heterocycles. The molecule has 1 aliphatic heterocycles. The summed E-state index contributed by atoms with van der Waals surface area (Å²) >= 11 is 0. The van der Waals surface area contributed by atoms with Crippen molar-refractivity contribution in [1.82, 2.24) is 15.2 Å². The highest BCUT2D eigenvalue weighted by atomic mass is 16.6. The van der Waals surface area contributed by atoms with Crippen molar-refractivity contribution in [2.75, 3.05) is 18.4 Å². The smallest absolute Gasteiger partial charge is 0.293 e. The van der Waals surface area contributed by atoms with Gasteiger partial charge in [0.2, 0.25) is 5.91 Å². The molecule has 35 heavy (non-hydrogen) atoms. The Labute approximate surface area is 205 Å². The molecule has 2 fully saturated rings. The summed E-state index contributed by atoms with van der Waals surface area (Å²) in [6.45, 7) is 2.90. The minimum atomic E-state index is -0.475. The molecule has 1 unspecified atom stereocenters. The number of carbonyl (C=O) groups is 2. The van der Waals surface area contributed by atoms with E-state index in [0.29, 0.717) is 31.6 Å². The number of benzene rings is 1. The summed E-state index contributed by atoms with van der Waals surface area (Å²) in [6.07, 6.45) is 8.43. The zero-order valence-electron chi connectivity index (χ0n) is 20.1. The number of hydrogen-bond acceptors (Lipinski definition) is 6. The number of rotatable bonds is 7. The van der Waals surface area contributed by atoms with Gasteiger partial charge in [-0.2, -0.15) is 0 Å². The van der Waals surface area contributed by atoms with E-state index in [1.165, 1.54) is 12.5 Å². The maximum atomic E-state index is 13.1. The zero-order valence-corrected chi connectivity index (χ0v) is 20.1. The SMILES string of the molecule is CC(Nc1ccc(C(=O)N2CCC(NC(=O)C3CCCCC3)CC2)cc1[N+](=O)[O-])c1ccccn1. The molecule has 9 heteroatoms. The second-order valence-corrected chi connectivity index (χ2v) is 9.52. The number of hydrogen-bond donors (Lipinski definition) is 2. The minimum Gasteiger partial charge on any atom is -0.371 e. The molecular formula is C26H33N5O4. The topological polar surface area (TPSA) is 117 Å². The number of amides is 2. The number of nitro benzene ring substituents is 1. The lowest BCUT2D eigenvalue weighted by molar-refractivity contribution is -0.384. The van der Waals surface area contributed by atoms with E-state index in [0.717, 1.165) is 31.4 Å². The number of nitrogens with zero attached hydrogens (tertiary/aromatic N) is 3. The van der Waals surface area contributed by atoms with Crippen LogP contribution in [0.4, 0.5) is 11.4 Å². The fourth-order valence-electron chi connectivity index (χ4n) is 4.97. The highest BCUT2D eigenvalue weighted by Crippen LogP contribution is 2.30. The summed E-state index contributed by atoms with van der Waals surface area (Å²) in [5.41, 5.74) is 1.25. The number of carbonyl (C=O) groups excluding carboxylic acids is 2. The van der Waals surface area contributed by atoms with Crippen LogP contribution in [0.25, 0.3) is 0 Å². The number of piperidine rings is 1. The Bertz CT molecular complexity index is 1050. The molecule has 2 N–H and O–H groups in total. The molecule has 1 aromatic heterocycles. The van der Waals surface area contributed by atoms with E-state index in [4.69, 9.17) is 0 Å². The predicted octanol–water partition coefficient (Wildman–Crippen LogP) is 4.46. The number of anilines is 1. The molecule has 2 amide bonds. The summed E-state index contributed by atoms with van der Waals surface area (Å²) < 4.78 is 0. The van der Waals surface area contributed by atoms with Crippen molar-refractivity contribution in [3.8, 4) is 0 Å². The highest BCUT2D eigenvalue weighted by molar-refractivity contribution is 5.96. The van der Waals surface area contributed by atoms with Gasteiger partial charge in [-0.15, -0.1) is 0 Å². The Morgan fingerprint density at radius 1 is 1.09 bits per heavy atom. The van der Waals surface area contributed by atoms with Gasteiger partial charge in [-0.25, -0.2) is 0 Å². The molecule has 4 rings (SSSR count). The number of nitro groups is 1. The van der Waals surface area contributed by atoms with Crippen LogP contribution >= 0.6 is 0 Å². The van der Waals surface area contributed by atoms with Crippen molar-refractivity contribution in [1.29, 1.82) is 0 Å². The molecule has 0 spiro atoms. The second-order valence-electron chi connectivity index (χ2n) is 9.52. The summed E-state index contributed by atoms with van der Waals surface area (Å²) in [5, 5.41) is 18.1. The minimum absolute atomic E-state index is 0.0717. The molecule has 1 aliphatic carbocycles. The van der Waals surface area contributed by atoms with E-state index in [-0.39, 0.29) is 41.1 Å². The van der Waals surface area contributed by atoms with Crippen LogP contribution in [0.15, 0.2) is 42.6 Å². The van der Waals surface area contributed by atoms with Crippen molar-refractivity contribution in [2.45, 2.75) is 64.0 Å². The first-order chi connectivity index (χ1) is 16.9. The predicted molar refractivity (Wildman–Crippen MR) is 133 cm³/mol. The molecule has 186 valence electrons. The maximum absolute atomic E-state index is 13.1. The lowest BCUT2D eigenvalue weighted by atomic mass is 9.88. The molecule has 0 radical (unpaired) electrons. The van der Waals surface area contributed by atoms with E-state index in [1.54, 1.807) is 23.2 Å². The average Bonchev–Trinajstić information content (AvgIpc) is 2.89. The largest absolute Gasteiger partial charge is 0.371 e. The van der Waals surface area contributed by atoms with Crippen LogP contribution in [-0.4, -0.2) is 45.8 Å². The van der Waals surface area contributed by atoms with Crippen molar-refractivity contribution in [2.24, 2.45) is 5.92 Å². The summed E-state index contributed by atoms with van der Waals surface area (Å²) in [4.78, 5) is 42.9. The van der Waals surface area contributed by atoms with Crippen molar-refractivity contribution >= 4 is 23.2 Å². The Morgan fingerprint density at radius 3 is 2.49 bits per heavy atom.